The molecule has 26 heavy (non-hydrogen) atoms. The zero-order valence-electron chi connectivity index (χ0n) is 13.8. The first-order chi connectivity index (χ1) is 12.7. The molecule has 0 fully saturated rings. The lowest BCUT2D eigenvalue weighted by molar-refractivity contribution is 0.174. The van der Waals surface area contributed by atoms with Crippen molar-refractivity contribution in [3.05, 3.63) is 48.5 Å². The summed E-state index contributed by atoms with van der Waals surface area (Å²) in [6.45, 7) is 1.81. The van der Waals surface area contributed by atoms with Crippen molar-refractivity contribution >= 4 is 5.65 Å². The van der Waals surface area contributed by atoms with Crippen LogP contribution in [0.25, 0.3) is 22.9 Å². The molecule has 0 amide bonds. The van der Waals surface area contributed by atoms with Gasteiger partial charge in [0.05, 0.1) is 11.9 Å². The van der Waals surface area contributed by atoms with Crippen LogP contribution < -0.4 is 9.47 Å². The van der Waals surface area contributed by atoms with Gasteiger partial charge in [-0.25, -0.2) is 19.2 Å². The van der Waals surface area contributed by atoms with Crippen molar-refractivity contribution < 1.29 is 14.6 Å². The summed E-state index contributed by atoms with van der Waals surface area (Å²) in [5.74, 6) is 2.15. The maximum Gasteiger partial charge on any atom is 0.231 e. The molecule has 0 aliphatic carbocycles. The number of aromatic nitrogens is 6. The summed E-state index contributed by atoms with van der Waals surface area (Å²) in [7, 11) is 0. The molecule has 130 valence electrons. The topological polar surface area (TPSA) is 99.6 Å². The Hall–Kier alpha value is -3.46. The molecular formula is C17H14N6O3. The fourth-order valence-electron chi connectivity index (χ4n) is 2.85. The monoisotopic (exact) mass is 350 g/mol. The van der Waals surface area contributed by atoms with E-state index < -0.39 is 6.10 Å². The van der Waals surface area contributed by atoms with E-state index in [9.17, 15) is 5.11 Å². The Morgan fingerprint density at radius 2 is 2.08 bits per heavy atom. The average Bonchev–Trinajstić information content (AvgIpc) is 3.37. The number of nitrogens with zero attached hydrogens (tertiary/aromatic N) is 6. The summed E-state index contributed by atoms with van der Waals surface area (Å²) in [5, 5.41) is 18.7. The third kappa shape index (κ3) is 2.21. The number of rotatable bonds is 3. The standard InChI is InChI=1S/C17H14N6O3/c1-10(24)16-20-17(12-8-18-15-3-2-6-19-23(12)15)22(21-16)11-4-5-13-14(7-11)26-9-25-13/h2-8,10,24H,9H2,1H3. The van der Waals surface area contributed by atoms with Crippen molar-refractivity contribution in [1.29, 1.82) is 0 Å². The average molecular weight is 350 g/mol. The highest BCUT2D eigenvalue weighted by atomic mass is 16.7. The van der Waals surface area contributed by atoms with Gasteiger partial charge in [-0.3, -0.25) is 0 Å². The van der Waals surface area contributed by atoms with Crippen molar-refractivity contribution in [2.24, 2.45) is 0 Å². The van der Waals surface area contributed by atoms with E-state index in [2.05, 4.69) is 20.2 Å². The van der Waals surface area contributed by atoms with E-state index in [1.165, 1.54) is 0 Å². The van der Waals surface area contributed by atoms with Crippen molar-refractivity contribution in [3.63, 3.8) is 0 Å². The molecule has 1 aliphatic rings. The molecule has 0 bridgehead atoms. The molecule has 4 heterocycles. The van der Waals surface area contributed by atoms with Gasteiger partial charge in [0.1, 0.15) is 11.8 Å². The number of hydrogen-bond acceptors (Lipinski definition) is 7. The zero-order valence-corrected chi connectivity index (χ0v) is 13.8. The fourth-order valence-corrected chi connectivity index (χ4v) is 2.85. The van der Waals surface area contributed by atoms with Crippen LogP contribution in [0.3, 0.4) is 0 Å². The number of ether oxygens (including phenoxy) is 2. The number of hydrogen-bond donors (Lipinski definition) is 1. The molecule has 4 aromatic rings. The number of imidazole rings is 1. The van der Waals surface area contributed by atoms with Crippen molar-refractivity contribution in [2.45, 2.75) is 13.0 Å². The maximum atomic E-state index is 9.95. The second-order valence-electron chi connectivity index (χ2n) is 5.86. The van der Waals surface area contributed by atoms with Crippen LogP contribution in [-0.4, -0.2) is 41.3 Å². The van der Waals surface area contributed by atoms with Crippen molar-refractivity contribution in [2.75, 3.05) is 6.79 Å². The smallest absolute Gasteiger partial charge is 0.231 e. The fraction of sp³-hybridized carbons (Fsp3) is 0.176. The van der Waals surface area contributed by atoms with E-state index in [1.807, 2.05) is 30.3 Å². The predicted molar refractivity (Wildman–Crippen MR) is 90.1 cm³/mol. The van der Waals surface area contributed by atoms with E-state index in [0.29, 0.717) is 34.5 Å². The van der Waals surface area contributed by atoms with Gasteiger partial charge in [0, 0.05) is 12.3 Å². The highest BCUT2D eigenvalue weighted by Crippen LogP contribution is 2.34. The molecule has 9 heteroatoms. The molecule has 9 nitrogen and oxygen atoms in total. The van der Waals surface area contributed by atoms with Crippen LogP contribution in [0.5, 0.6) is 11.5 Å². The van der Waals surface area contributed by atoms with Crippen LogP contribution in [0, 0.1) is 0 Å². The lowest BCUT2D eigenvalue weighted by atomic mass is 10.2. The van der Waals surface area contributed by atoms with Gasteiger partial charge in [-0.2, -0.15) is 5.10 Å². The van der Waals surface area contributed by atoms with E-state index >= 15 is 0 Å². The summed E-state index contributed by atoms with van der Waals surface area (Å²) in [6, 6.07) is 9.17. The number of aliphatic hydroxyl groups is 1. The van der Waals surface area contributed by atoms with Crippen molar-refractivity contribution in [1.82, 2.24) is 29.4 Å². The molecule has 1 aromatic carbocycles. The first kappa shape index (κ1) is 14.8. The first-order valence-corrected chi connectivity index (χ1v) is 8.05. The molecule has 1 aliphatic heterocycles. The van der Waals surface area contributed by atoms with E-state index in [-0.39, 0.29) is 6.79 Å². The quantitative estimate of drug-likeness (QED) is 0.601. The minimum Gasteiger partial charge on any atom is -0.454 e. The second-order valence-corrected chi connectivity index (χ2v) is 5.86. The third-order valence-corrected chi connectivity index (χ3v) is 4.10. The molecule has 0 spiro atoms. The minimum atomic E-state index is -0.809. The number of aliphatic hydroxyl groups excluding tert-OH is 1. The van der Waals surface area contributed by atoms with Gasteiger partial charge >= 0.3 is 0 Å². The van der Waals surface area contributed by atoms with Gasteiger partial charge in [-0.1, -0.05) is 0 Å². The van der Waals surface area contributed by atoms with E-state index in [4.69, 9.17) is 9.47 Å². The molecular weight excluding hydrogens is 336 g/mol. The summed E-state index contributed by atoms with van der Waals surface area (Å²) in [6.07, 6.45) is 2.55. The van der Waals surface area contributed by atoms with Gasteiger partial charge in [0.15, 0.2) is 28.8 Å². The van der Waals surface area contributed by atoms with Gasteiger partial charge in [0.25, 0.3) is 0 Å². The normalized spacial score (nSPS) is 14.1. The lowest BCUT2D eigenvalue weighted by Crippen LogP contribution is -2.03. The Labute approximate surface area is 147 Å². The predicted octanol–water partition coefficient (Wildman–Crippen LogP) is 1.76. The maximum absolute atomic E-state index is 9.95. The van der Waals surface area contributed by atoms with Crippen LogP contribution in [-0.2, 0) is 0 Å². The van der Waals surface area contributed by atoms with Crippen LogP contribution in [0.2, 0.25) is 0 Å². The summed E-state index contributed by atoms with van der Waals surface area (Å²) >= 11 is 0. The lowest BCUT2D eigenvalue weighted by Gasteiger charge is -2.06. The molecule has 0 saturated carbocycles. The summed E-state index contributed by atoms with van der Waals surface area (Å²) < 4.78 is 14.1. The highest BCUT2D eigenvalue weighted by molar-refractivity contribution is 5.60. The van der Waals surface area contributed by atoms with Gasteiger partial charge in [0.2, 0.25) is 6.79 Å². The van der Waals surface area contributed by atoms with Crippen LogP contribution in [0.4, 0.5) is 0 Å². The molecule has 1 N–H and O–H groups in total. The molecule has 1 atom stereocenters. The SMILES string of the molecule is CC(O)c1nc(-c2cnc3cccnn23)n(-c2ccc3c(c2)OCO3)n1. The second kappa shape index (κ2) is 5.53. The molecule has 0 saturated heterocycles. The Kier molecular flexibility index (Phi) is 3.16. The molecule has 0 radical (unpaired) electrons. The van der Waals surface area contributed by atoms with Gasteiger partial charge in [-0.05, 0) is 31.2 Å². The van der Waals surface area contributed by atoms with Gasteiger partial charge < -0.3 is 14.6 Å². The highest BCUT2D eigenvalue weighted by Gasteiger charge is 2.22. The number of fused-ring (bicyclic) bond motifs is 2. The number of benzene rings is 1. The Bertz CT molecular complexity index is 1120. The van der Waals surface area contributed by atoms with Crippen LogP contribution >= 0.6 is 0 Å². The van der Waals surface area contributed by atoms with Crippen LogP contribution in [0.1, 0.15) is 18.9 Å². The Morgan fingerprint density at radius 3 is 2.96 bits per heavy atom. The molecule has 3 aromatic heterocycles. The molecule has 1 unspecified atom stereocenters. The van der Waals surface area contributed by atoms with E-state index in [0.717, 1.165) is 5.69 Å². The largest absolute Gasteiger partial charge is 0.454 e. The Morgan fingerprint density at radius 1 is 1.19 bits per heavy atom. The molecule has 5 rings (SSSR count). The summed E-state index contributed by atoms with van der Waals surface area (Å²) in [4.78, 5) is 8.86. The van der Waals surface area contributed by atoms with Crippen molar-refractivity contribution in [3.8, 4) is 28.7 Å². The van der Waals surface area contributed by atoms with Gasteiger partial charge in [-0.15, -0.1) is 5.10 Å². The van der Waals surface area contributed by atoms with Crippen LogP contribution in [0.15, 0.2) is 42.7 Å². The summed E-state index contributed by atoms with van der Waals surface area (Å²) in [5.41, 5.74) is 2.09. The zero-order chi connectivity index (χ0) is 17.7. The van der Waals surface area contributed by atoms with E-state index in [1.54, 1.807) is 28.5 Å². The third-order valence-electron chi connectivity index (χ3n) is 4.10. The Balaban J connectivity index is 1.72. The minimum absolute atomic E-state index is 0.194. The first-order valence-electron chi connectivity index (χ1n) is 8.05.